The number of rotatable bonds is 4. The largest absolute Gasteiger partial charge is 0.416 e. The molecule has 2 aliphatic carbocycles. The summed E-state index contributed by atoms with van der Waals surface area (Å²) < 4.78 is 38.1. The van der Waals surface area contributed by atoms with Gasteiger partial charge in [0.1, 0.15) is 6.04 Å². The van der Waals surface area contributed by atoms with Gasteiger partial charge in [0.2, 0.25) is 11.8 Å². The predicted octanol–water partition coefficient (Wildman–Crippen LogP) is 4.25. The van der Waals surface area contributed by atoms with Gasteiger partial charge in [-0.25, -0.2) is 0 Å². The Morgan fingerprint density at radius 1 is 1.00 bits per heavy atom. The Kier molecular flexibility index (Phi) is 5.58. The van der Waals surface area contributed by atoms with Crippen molar-refractivity contribution in [3.8, 4) is 0 Å². The van der Waals surface area contributed by atoms with Crippen LogP contribution in [-0.2, 0) is 15.8 Å². The fourth-order valence-electron chi connectivity index (χ4n) is 4.84. The molecule has 2 amide bonds. The van der Waals surface area contributed by atoms with E-state index < -0.39 is 17.8 Å². The molecule has 0 aromatic heterocycles. The quantitative estimate of drug-likeness (QED) is 0.810. The van der Waals surface area contributed by atoms with Crippen LogP contribution in [0.5, 0.6) is 0 Å². The second-order valence-electron chi connectivity index (χ2n) is 8.60. The molecule has 4 rings (SSSR count). The van der Waals surface area contributed by atoms with Gasteiger partial charge < -0.3 is 10.2 Å². The third-order valence-corrected chi connectivity index (χ3v) is 6.60. The van der Waals surface area contributed by atoms with Crippen molar-refractivity contribution in [3.63, 3.8) is 0 Å². The van der Waals surface area contributed by atoms with Crippen LogP contribution in [0.2, 0.25) is 0 Å². The average molecular weight is 408 g/mol. The second-order valence-corrected chi connectivity index (χ2v) is 8.60. The average Bonchev–Trinajstić information content (AvgIpc) is 3.51. The Balaban J connectivity index is 1.33. The van der Waals surface area contributed by atoms with Crippen LogP contribution in [0.3, 0.4) is 0 Å². The maximum absolute atomic E-state index is 12.9. The highest BCUT2D eigenvalue weighted by Gasteiger charge is 2.46. The standard InChI is InChI=1S/C22H27F3N2O2/c23-22(24,25)15-10-8-14(9-11-15)17-13-18(17)20(28)26-19-7-4-12-27(21(19)29)16-5-2-1-3-6-16/h8-11,16-19H,1-7,12-13H2,(H,26,28). The van der Waals surface area contributed by atoms with Crippen molar-refractivity contribution in [2.75, 3.05) is 6.54 Å². The van der Waals surface area contributed by atoms with Crippen LogP contribution in [0.1, 0.15) is 68.4 Å². The first-order valence-electron chi connectivity index (χ1n) is 10.6. The third kappa shape index (κ3) is 4.43. The fraction of sp³-hybridized carbons (Fsp3) is 0.636. The number of nitrogens with one attached hydrogen (secondary N) is 1. The van der Waals surface area contributed by atoms with Gasteiger partial charge >= 0.3 is 6.18 Å². The Morgan fingerprint density at radius 2 is 1.69 bits per heavy atom. The van der Waals surface area contributed by atoms with Gasteiger partial charge in [-0.1, -0.05) is 31.4 Å². The van der Waals surface area contributed by atoms with Crippen LogP contribution in [0.25, 0.3) is 0 Å². The predicted molar refractivity (Wildman–Crippen MR) is 102 cm³/mol. The van der Waals surface area contributed by atoms with Crippen molar-refractivity contribution >= 4 is 11.8 Å². The Hall–Kier alpha value is -2.05. The first-order valence-corrected chi connectivity index (χ1v) is 10.6. The number of piperidine rings is 1. The summed E-state index contributed by atoms with van der Waals surface area (Å²) in [6.07, 6.45) is 3.44. The number of hydrogen-bond donors (Lipinski definition) is 1. The lowest BCUT2D eigenvalue weighted by atomic mass is 9.91. The summed E-state index contributed by atoms with van der Waals surface area (Å²) in [7, 11) is 0. The van der Waals surface area contributed by atoms with Crippen LogP contribution in [-0.4, -0.2) is 35.3 Å². The lowest BCUT2D eigenvalue weighted by Crippen LogP contribution is -2.55. The summed E-state index contributed by atoms with van der Waals surface area (Å²) >= 11 is 0. The lowest BCUT2D eigenvalue weighted by molar-refractivity contribution is -0.142. The molecule has 3 unspecified atom stereocenters. The van der Waals surface area contributed by atoms with Crippen LogP contribution < -0.4 is 5.32 Å². The van der Waals surface area contributed by atoms with E-state index in [2.05, 4.69) is 5.32 Å². The number of hydrogen-bond acceptors (Lipinski definition) is 2. The molecular weight excluding hydrogens is 381 g/mol. The number of carbonyl (C=O) groups is 2. The van der Waals surface area contributed by atoms with Crippen molar-refractivity contribution < 1.29 is 22.8 Å². The van der Waals surface area contributed by atoms with Crippen LogP contribution in [0, 0.1) is 5.92 Å². The topological polar surface area (TPSA) is 49.4 Å². The molecule has 0 spiro atoms. The minimum atomic E-state index is -4.36. The van der Waals surface area contributed by atoms with Crippen molar-refractivity contribution in [1.82, 2.24) is 10.2 Å². The van der Waals surface area contributed by atoms with Gasteiger partial charge in [-0.05, 0) is 55.7 Å². The highest BCUT2D eigenvalue weighted by atomic mass is 19.4. The summed E-state index contributed by atoms with van der Waals surface area (Å²) in [5, 5.41) is 2.92. The molecule has 3 fully saturated rings. The maximum atomic E-state index is 12.9. The molecule has 3 aliphatic rings. The van der Waals surface area contributed by atoms with Gasteiger partial charge in [0.05, 0.1) is 5.56 Å². The Labute approximate surface area is 168 Å². The van der Waals surface area contributed by atoms with Crippen molar-refractivity contribution in [2.45, 2.75) is 75.5 Å². The normalized spacial score (nSPS) is 28.3. The highest BCUT2D eigenvalue weighted by Crippen LogP contribution is 2.48. The molecule has 1 aliphatic heterocycles. The molecule has 2 saturated carbocycles. The lowest BCUT2D eigenvalue weighted by Gasteiger charge is -2.40. The first kappa shape index (κ1) is 20.2. The first-order chi connectivity index (χ1) is 13.8. The molecule has 1 aromatic carbocycles. The Morgan fingerprint density at radius 3 is 2.34 bits per heavy atom. The van der Waals surface area contributed by atoms with E-state index in [4.69, 9.17) is 0 Å². The van der Waals surface area contributed by atoms with Gasteiger partial charge in [-0.3, -0.25) is 9.59 Å². The van der Waals surface area contributed by atoms with Crippen LogP contribution in [0.15, 0.2) is 24.3 Å². The summed E-state index contributed by atoms with van der Waals surface area (Å²) in [6.45, 7) is 0.771. The minimum Gasteiger partial charge on any atom is -0.344 e. The van der Waals surface area contributed by atoms with Gasteiger partial charge in [-0.15, -0.1) is 0 Å². The summed E-state index contributed by atoms with van der Waals surface area (Å²) in [5.41, 5.74) is 0.0652. The van der Waals surface area contributed by atoms with E-state index in [-0.39, 0.29) is 23.7 Å². The van der Waals surface area contributed by atoms with Gasteiger partial charge in [-0.2, -0.15) is 13.2 Å². The molecule has 0 bridgehead atoms. The minimum absolute atomic E-state index is 0.0308. The molecule has 1 heterocycles. The maximum Gasteiger partial charge on any atom is 0.416 e. The molecule has 29 heavy (non-hydrogen) atoms. The van der Waals surface area contributed by atoms with Crippen LogP contribution >= 0.6 is 0 Å². The van der Waals surface area contributed by atoms with Crippen molar-refractivity contribution in [3.05, 3.63) is 35.4 Å². The van der Waals surface area contributed by atoms with E-state index in [0.29, 0.717) is 18.9 Å². The number of likely N-dealkylation sites (tertiary alicyclic amines) is 1. The van der Waals surface area contributed by atoms with Gasteiger partial charge in [0.15, 0.2) is 0 Å². The van der Waals surface area contributed by atoms with Gasteiger partial charge in [0, 0.05) is 18.5 Å². The highest BCUT2D eigenvalue weighted by molar-refractivity contribution is 5.90. The summed E-state index contributed by atoms with van der Waals surface area (Å²) in [4.78, 5) is 27.5. The number of amides is 2. The molecular formula is C22H27F3N2O2. The smallest absolute Gasteiger partial charge is 0.344 e. The molecule has 1 aromatic rings. The molecule has 1 saturated heterocycles. The molecule has 4 nitrogen and oxygen atoms in total. The zero-order valence-electron chi connectivity index (χ0n) is 16.4. The number of alkyl halides is 3. The number of nitrogens with zero attached hydrogens (tertiary/aromatic N) is 1. The van der Waals surface area contributed by atoms with E-state index in [9.17, 15) is 22.8 Å². The SMILES string of the molecule is O=C(NC1CCCN(C2CCCCC2)C1=O)C1CC1c1ccc(C(F)(F)F)cc1. The van der Waals surface area contributed by atoms with E-state index in [0.717, 1.165) is 56.3 Å². The number of carbonyl (C=O) groups excluding carboxylic acids is 2. The van der Waals surface area contributed by atoms with E-state index in [1.807, 2.05) is 4.90 Å². The summed E-state index contributed by atoms with van der Waals surface area (Å²) in [6, 6.07) is 4.88. The molecule has 1 N–H and O–H groups in total. The fourth-order valence-corrected chi connectivity index (χ4v) is 4.84. The van der Waals surface area contributed by atoms with E-state index >= 15 is 0 Å². The van der Waals surface area contributed by atoms with Gasteiger partial charge in [0.25, 0.3) is 0 Å². The molecule has 7 heteroatoms. The zero-order valence-corrected chi connectivity index (χ0v) is 16.4. The van der Waals surface area contributed by atoms with E-state index in [1.54, 1.807) is 0 Å². The molecule has 0 radical (unpaired) electrons. The second kappa shape index (κ2) is 8.00. The van der Waals surface area contributed by atoms with Crippen molar-refractivity contribution in [1.29, 1.82) is 0 Å². The number of halogens is 3. The number of benzene rings is 1. The monoisotopic (exact) mass is 408 g/mol. The summed E-state index contributed by atoms with van der Waals surface area (Å²) in [5.74, 6) is -0.447. The molecule has 3 atom stereocenters. The van der Waals surface area contributed by atoms with Crippen molar-refractivity contribution in [2.24, 2.45) is 5.92 Å². The third-order valence-electron chi connectivity index (χ3n) is 6.60. The zero-order chi connectivity index (χ0) is 20.6. The molecule has 158 valence electrons. The van der Waals surface area contributed by atoms with Crippen LogP contribution in [0.4, 0.5) is 13.2 Å². The van der Waals surface area contributed by atoms with E-state index in [1.165, 1.54) is 18.6 Å². The Bertz CT molecular complexity index is 756.